The topological polar surface area (TPSA) is 90.0 Å². The summed E-state index contributed by atoms with van der Waals surface area (Å²) in [5.74, 6) is -0.369. The lowest BCUT2D eigenvalue weighted by molar-refractivity contribution is 0.173. The van der Waals surface area contributed by atoms with Crippen molar-refractivity contribution in [2.75, 3.05) is 6.54 Å². The van der Waals surface area contributed by atoms with Crippen LogP contribution in [0.25, 0.3) is 0 Å². The maximum atomic E-state index is 12.7. The fourth-order valence-corrected chi connectivity index (χ4v) is 1.61. The smallest absolute Gasteiger partial charge is 0.315 e. The van der Waals surface area contributed by atoms with E-state index in [0.717, 1.165) is 5.69 Å². The summed E-state index contributed by atoms with van der Waals surface area (Å²) in [6, 6.07) is 6.82. The van der Waals surface area contributed by atoms with Gasteiger partial charge >= 0.3 is 6.03 Å². The van der Waals surface area contributed by atoms with Crippen molar-refractivity contribution in [3.05, 3.63) is 53.6 Å². The van der Waals surface area contributed by atoms with Crippen molar-refractivity contribution >= 4 is 6.03 Å². The number of nitrogens with one attached hydrogen (secondary N) is 3. The molecule has 106 valence electrons. The number of halogens is 1. The molecule has 2 rings (SSSR count). The number of rotatable bonds is 5. The minimum Gasteiger partial charge on any atom is -0.387 e. The number of hydrogen-bond donors (Lipinski definition) is 4. The maximum Gasteiger partial charge on any atom is 0.315 e. The number of carbonyl (C=O) groups is 1. The largest absolute Gasteiger partial charge is 0.387 e. The predicted molar refractivity (Wildman–Crippen MR) is 70.2 cm³/mol. The Morgan fingerprint density at radius 1 is 1.30 bits per heavy atom. The Kier molecular flexibility index (Phi) is 4.67. The Hall–Kier alpha value is -2.41. The van der Waals surface area contributed by atoms with E-state index in [2.05, 4.69) is 20.8 Å². The summed E-state index contributed by atoms with van der Waals surface area (Å²) >= 11 is 0. The summed E-state index contributed by atoms with van der Waals surface area (Å²) in [6.45, 7) is 0.360. The third-order valence-electron chi connectivity index (χ3n) is 2.71. The second-order valence-corrected chi connectivity index (χ2v) is 4.21. The lowest BCUT2D eigenvalue weighted by Crippen LogP contribution is -2.37. The molecule has 7 heteroatoms. The average molecular weight is 278 g/mol. The van der Waals surface area contributed by atoms with Crippen LogP contribution in [0.5, 0.6) is 0 Å². The van der Waals surface area contributed by atoms with Crippen molar-refractivity contribution in [2.24, 2.45) is 0 Å². The number of urea groups is 1. The molecule has 0 aliphatic heterocycles. The molecule has 1 heterocycles. The zero-order valence-electron chi connectivity index (χ0n) is 10.6. The zero-order valence-corrected chi connectivity index (χ0v) is 10.6. The van der Waals surface area contributed by atoms with E-state index in [1.165, 1.54) is 24.3 Å². The van der Waals surface area contributed by atoms with Gasteiger partial charge in [-0.15, -0.1) is 0 Å². The summed E-state index contributed by atoms with van der Waals surface area (Å²) < 4.78 is 12.7. The number of H-pyrrole nitrogens is 1. The molecule has 2 aromatic rings. The Bertz CT molecular complexity index is 542. The van der Waals surface area contributed by atoms with Crippen LogP contribution in [0.1, 0.15) is 17.4 Å². The lowest BCUT2D eigenvalue weighted by Gasteiger charge is -2.12. The van der Waals surface area contributed by atoms with Gasteiger partial charge in [0.15, 0.2) is 0 Å². The summed E-state index contributed by atoms with van der Waals surface area (Å²) in [7, 11) is 0. The first-order valence-corrected chi connectivity index (χ1v) is 6.08. The van der Waals surface area contributed by atoms with E-state index in [4.69, 9.17) is 0 Å². The van der Waals surface area contributed by atoms with Crippen molar-refractivity contribution in [1.29, 1.82) is 0 Å². The number of benzene rings is 1. The molecule has 0 aliphatic carbocycles. The molecule has 0 bridgehead atoms. The van der Waals surface area contributed by atoms with Crippen LogP contribution in [0.4, 0.5) is 9.18 Å². The second kappa shape index (κ2) is 6.67. The van der Waals surface area contributed by atoms with Crippen LogP contribution in [0.15, 0.2) is 36.5 Å². The van der Waals surface area contributed by atoms with Gasteiger partial charge in [-0.25, -0.2) is 9.18 Å². The highest BCUT2D eigenvalue weighted by Gasteiger charge is 2.09. The van der Waals surface area contributed by atoms with Crippen molar-refractivity contribution < 1.29 is 14.3 Å². The third-order valence-corrected chi connectivity index (χ3v) is 2.71. The maximum absolute atomic E-state index is 12.7. The standard InChI is InChI=1S/C13H15FN4O2/c14-10-3-1-9(2-4-10)12(19)8-16-13(20)15-7-11-5-6-17-18-11/h1-6,12,19H,7-8H2,(H,17,18)(H2,15,16,20)/t12-/m0/s1. The van der Waals surface area contributed by atoms with E-state index in [0.29, 0.717) is 12.1 Å². The Morgan fingerprint density at radius 2 is 2.05 bits per heavy atom. The van der Waals surface area contributed by atoms with Crippen LogP contribution in [0.3, 0.4) is 0 Å². The molecule has 0 fully saturated rings. The number of amides is 2. The van der Waals surface area contributed by atoms with Crippen molar-refractivity contribution in [3.63, 3.8) is 0 Å². The number of nitrogens with zero attached hydrogens (tertiary/aromatic N) is 1. The van der Waals surface area contributed by atoms with Crippen LogP contribution in [-0.4, -0.2) is 27.9 Å². The van der Waals surface area contributed by atoms with Crippen molar-refractivity contribution in [3.8, 4) is 0 Å². The first-order chi connectivity index (χ1) is 9.65. The van der Waals surface area contributed by atoms with Crippen LogP contribution >= 0.6 is 0 Å². The Labute approximate surface area is 115 Å². The van der Waals surface area contributed by atoms with Crippen molar-refractivity contribution in [1.82, 2.24) is 20.8 Å². The van der Waals surface area contributed by atoms with Gasteiger partial charge in [0, 0.05) is 12.7 Å². The summed E-state index contributed by atoms with van der Waals surface area (Å²) in [4.78, 5) is 11.5. The number of aliphatic hydroxyl groups excluding tert-OH is 1. The van der Waals surface area contributed by atoms with Crippen LogP contribution < -0.4 is 10.6 Å². The van der Waals surface area contributed by atoms with E-state index in [1.807, 2.05) is 0 Å². The quantitative estimate of drug-likeness (QED) is 0.659. The Balaban J connectivity index is 1.73. The van der Waals surface area contributed by atoms with Crippen LogP contribution in [-0.2, 0) is 6.54 Å². The highest BCUT2D eigenvalue weighted by Crippen LogP contribution is 2.12. The Morgan fingerprint density at radius 3 is 2.70 bits per heavy atom. The van der Waals surface area contributed by atoms with Crippen LogP contribution in [0, 0.1) is 5.82 Å². The average Bonchev–Trinajstić information content (AvgIpc) is 2.96. The predicted octanol–water partition coefficient (Wildman–Crippen LogP) is 1.08. The van der Waals surface area contributed by atoms with E-state index in [-0.39, 0.29) is 12.4 Å². The molecule has 1 atom stereocenters. The normalized spacial score (nSPS) is 11.9. The van der Waals surface area contributed by atoms with Gasteiger partial charge in [0.05, 0.1) is 18.3 Å². The van der Waals surface area contributed by atoms with Gasteiger partial charge < -0.3 is 15.7 Å². The SMILES string of the molecule is O=C(NCc1ccn[nH]1)NC[C@H](O)c1ccc(F)cc1. The lowest BCUT2D eigenvalue weighted by atomic mass is 10.1. The van der Waals surface area contributed by atoms with Gasteiger partial charge in [0.25, 0.3) is 0 Å². The molecule has 0 saturated heterocycles. The summed E-state index contributed by atoms with van der Waals surface area (Å²) in [5.41, 5.74) is 1.32. The van der Waals surface area contributed by atoms with E-state index in [9.17, 15) is 14.3 Å². The third kappa shape index (κ3) is 4.06. The molecule has 0 radical (unpaired) electrons. The monoisotopic (exact) mass is 278 g/mol. The van der Waals surface area contributed by atoms with Gasteiger partial charge in [-0.1, -0.05) is 12.1 Å². The molecule has 2 amide bonds. The van der Waals surface area contributed by atoms with Gasteiger partial charge in [-0.3, -0.25) is 5.10 Å². The van der Waals surface area contributed by atoms with E-state index < -0.39 is 12.1 Å². The second-order valence-electron chi connectivity index (χ2n) is 4.21. The molecule has 20 heavy (non-hydrogen) atoms. The number of aromatic nitrogens is 2. The van der Waals surface area contributed by atoms with Crippen LogP contribution in [0.2, 0.25) is 0 Å². The molecule has 0 aliphatic rings. The number of aromatic amines is 1. The highest BCUT2D eigenvalue weighted by molar-refractivity contribution is 5.73. The molecule has 1 aromatic heterocycles. The number of aliphatic hydroxyl groups is 1. The molecule has 0 unspecified atom stereocenters. The van der Waals surface area contributed by atoms with Gasteiger partial charge in [-0.2, -0.15) is 5.10 Å². The fraction of sp³-hybridized carbons (Fsp3) is 0.231. The molecule has 0 saturated carbocycles. The molecule has 1 aromatic carbocycles. The zero-order chi connectivity index (χ0) is 14.4. The highest BCUT2D eigenvalue weighted by atomic mass is 19.1. The summed E-state index contributed by atoms with van der Waals surface area (Å²) in [5, 5.41) is 21.4. The first-order valence-electron chi connectivity index (χ1n) is 6.08. The molecule has 4 N–H and O–H groups in total. The van der Waals surface area contributed by atoms with Gasteiger partial charge in [0.2, 0.25) is 0 Å². The van der Waals surface area contributed by atoms with Crippen molar-refractivity contribution in [2.45, 2.75) is 12.6 Å². The molecular formula is C13H15FN4O2. The number of hydrogen-bond acceptors (Lipinski definition) is 3. The first kappa shape index (κ1) is 14.0. The van der Waals surface area contributed by atoms with E-state index in [1.54, 1.807) is 12.3 Å². The molecule has 6 nitrogen and oxygen atoms in total. The minimum atomic E-state index is -0.881. The van der Waals surface area contributed by atoms with E-state index >= 15 is 0 Å². The molecule has 0 spiro atoms. The summed E-state index contributed by atoms with van der Waals surface area (Å²) in [6.07, 6.45) is 0.709. The van der Waals surface area contributed by atoms with Gasteiger partial charge in [0.1, 0.15) is 5.82 Å². The molecular weight excluding hydrogens is 263 g/mol. The number of carbonyl (C=O) groups excluding carboxylic acids is 1. The van der Waals surface area contributed by atoms with Gasteiger partial charge in [-0.05, 0) is 23.8 Å². The minimum absolute atomic E-state index is 0.0421. The fourth-order valence-electron chi connectivity index (χ4n) is 1.61.